The molecule has 0 aliphatic carbocycles. The van der Waals surface area contributed by atoms with Crippen molar-refractivity contribution in [2.45, 2.75) is 39.0 Å². The molecule has 0 amide bonds. The van der Waals surface area contributed by atoms with Crippen molar-refractivity contribution in [1.29, 1.82) is 0 Å². The molecule has 0 spiro atoms. The van der Waals surface area contributed by atoms with Crippen molar-refractivity contribution in [2.24, 2.45) is 0 Å². The number of halogens is 2. The molecule has 0 aromatic rings. The van der Waals surface area contributed by atoms with Crippen LogP contribution >= 0.6 is 23.2 Å². The first-order chi connectivity index (χ1) is 5.66. The molecule has 0 fully saturated rings. The fourth-order valence-electron chi connectivity index (χ4n) is 0.920. The van der Waals surface area contributed by atoms with Crippen LogP contribution < -0.4 is 0 Å². The predicted molar refractivity (Wildman–Crippen MR) is 53.6 cm³/mol. The van der Waals surface area contributed by atoms with E-state index in [9.17, 15) is 4.79 Å². The van der Waals surface area contributed by atoms with Crippen LogP contribution in [0.15, 0.2) is 10.6 Å². The second kappa shape index (κ2) is 7.63. The van der Waals surface area contributed by atoms with Crippen molar-refractivity contribution in [2.75, 3.05) is 0 Å². The van der Waals surface area contributed by atoms with Crippen molar-refractivity contribution in [3.63, 3.8) is 0 Å². The molecule has 3 heteroatoms. The third kappa shape index (κ3) is 8.09. The molecule has 0 aromatic carbocycles. The van der Waals surface area contributed by atoms with E-state index in [1.165, 1.54) is 18.9 Å². The van der Waals surface area contributed by atoms with Crippen molar-refractivity contribution in [3.8, 4) is 0 Å². The first kappa shape index (κ1) is 12.0. The molecule has 0 radical (unpaired) electrons. The highest BCUT2D eigenvalue weighted by Crippen LogP contribution is 2.09. The summed E-state index contributed by atoms with van der Waals surface area (Å²) in [5.74, 6) is 0.0195. The van der Waals surface area contributed by atoms with E-state index in [4.69, 9.17) is 23.2 Å². The minimum absolute atomic E-state index is 0.0195. The Hall–Kier alpha value is -0.0100. The van der Waals surface area contributed by atoms with Crippen LogP contribution in [-0.4, -0.2) is 5.78 Å². The van der Waals surface area contributed by atoms with Crippen molar-refractivity contribution >= 4 is 29.0 Å². The maximum atomic E-state index is 11.0. The Morgan fingerprint density at radius 2 is 1.92 bits per heavy atom. The van der Waals surface area contributed by atoms with Crippen LogP contribution in [0, 0.1) is 0 Å². The lowest BCUT2D eigenvalue weighted by molar-refractivity contribution is -0.114. The molecule has 0 bridgehead atoms. The Kier molecular flexibility index (Phi) is 7.62. The van der Waals surface area contributed by atoms with Gasteiger partial charge >= 0.3 is 0 Å². The fourth-order valence-corrected chi connectivity index (χ4v) is 1.16. The number of allylic oxidation sites excluding steroid dienone is 1. The van der Waals surface area contributed by atoms with E-state index < -0.39 is 0 Å². The van der Waals surface area contributed by atoms with Gasteiger partial charge in [-0.1, -0.05) is 49.4 Å². The number of rotatable bonds is 6. The zero-order chi connectivity index (χ0) is 9.40. The lowest BCUT2D eigenvalue weighted by atomic mass is 10.1. The minimum atomic E-state index is 0.0195. The van der Waals surface area contributed by atoms with Gasteiger partial charge in [0.15, 0.2) is 5.78 Å². The third-order valence-corrected chi connectivity index (χ3v) is 1.77. The van der Waals surface area contributed by atoms with Gasteiger partial charge in [-0.15, -0.1) is 0 Å². The summed E-state index contributed by atoms with van der Waals surface area (Å²) in [6.07, 6.45) is 6.24. The maximum Gasteiger partial charge on any atom is 0.158 e. The molecule has 0 atom stereocenters. The van der Waals surface area contributed by atoms with Crippen molar-refractivity contribution in [1.82, 2.24) is 0 Å². The van der Waals surface area contributed by atoms with E-state index in [-0.39, 0.29) is 10.3 Å². The Balaban J connectivity index is 3.39. The van der Waals surface area contributed by atoms with Crippen LogP contribution in [-0.2, 0) is 4.79 Å². The number of carbonyl (C=O) groups is 1. The van der Waals surface area contributed by atoms with Gasteiger partial charge < -0.3 is 0 Å². The summed E-state index contributed by atoms with van der Waals surface area (Å²) in [5.41, 5.74) is 0. The molecule has 0 saturated heterocycles. The standard InChI is InChI=1S/C9H14Cl2O/c1-2-3-4-5-6-8(12)7-9(10)11/h7H,2-6H2,1H3. The zero-order valence-corrected chi connectivity index (χ0v) is 8.79. The monoisotopic (exact) mass is 208 g/mol. The third-order valence-electron chi connectivity index (χ3n) is 1.55. The molecule has 0 rings (SSSR count). The lowest BCUT2D eigenvalue weighted by Gasteiger charge is -1.95. The molecule has 12 heavy (non-hydrogen) atoms. The second-order valence-electron chi connectivity index (χ2n) is 2.71. The quantitative estimate of drug-likeness (QED) is 0.479. The van der Waals surface area contributed by atoms with Gasteiger partial charge in [0.1, 0.15) is 4.49 Å². The van der Waals surface area contributed by atoms with Gasteiger partial charge in [-0.25, -0.2) is 0 Å². The van der Waals surface area contributed by atoms with E-state index in [0.29, 0.717) is 6.42 Å². The van der Waals surface area contributed by atoms with E-state index >= 15 is 0 Å². The first-order valence-electron chi connectivity index (χ1n) is 4.22. The summed E-state index contributed by atoms with van der Waals surface area (Å²) in [7, 11) is 0. The normalized spacial score (nSPS) is 9.58. The molecule has 0 unspecified atom stereocenters. The molecule has 0 saturated carbocycles. The van der Waals surface area contributed by atoms with Crippen LogP contribution in [0.3, 0.4) is 0 Å². The molecule has 0 aromatic heterocycles. The van der Waals surface area contributed by atoms with Crippen LogP contribution in [0.2, 0.25) is 0 Å². The van der Waals surface area contributed by atoms with Crippen LogP contribution in [0.25, 0.3) is 0 Å². The Labute approximate surface area is 83.7 Å². The summed E-state index contributed by atoms with van der Waals surface area (Å²) in [6, 6.07) is 0. The topological polar surface area (TPSA) is 17.1 Å². The molecule has 70 valence electrons. The highest BCUT2D eigenvalue weighted by molar-refractivity contribution is 6.56. The first-order valence-corrected chi connectivity index (χ1v) is 4.98. The molecule has 0 heterocycles. The van der Waals surface area contributed by atoms with Crippen molar-refractivity contribution in [3.05, 3.63) is 10.6 Å². The lowest BCUT2D eigenvalue weighted by Crippen LogP contribution is -1.92. The Morgan fingerprint density at radius 1 is 1.25 bits per heavy atom. The number of carbonyl (C=O) groups excluding carboxylic acids is 1. The minimum Gasteiger partial charge on any atom is -0.295 e. The van der Waals surface area contributed by atoms with Crippen LogP contribution in [0.5, 0.6) is 0 Å². The summed E-state index contributed by atoms with van der Waals surface area (Å²) in [4.78, 5) is 11.0. The number of ketones is 1. The van der Waals surface area contributed by atoms with E-state index in [0.717, 1.165) is 12.8 Å². The SMILES string of the molecule is CCCCCCC(=O)C=C(Cl)Cl. The van der Waals surface area contributed by atoms with Gasteiger partial charge in [-0.3, -0.25) is 4.79 Å². The molecule has 0 N–H and O–H groups in total. The van der Waals surface area contributed by atoms with Crippen LogP contribution in [0.4, 0.5) is 0 Å². The van der Waals surface area contributed by atoms with Crippen molar-refractivity contribution < 1.29 is 4.79 Å². The maximum absolute atomic E-state index is 11.0. The number of hydrogen-bond acceptors (Lipinski definition) is 1. The predicted octanol–water partition coefficient (Wildman–Crippen LogP) is 3.84. The average Bonchev–Trinajstić information content (AvgIpc) is 1.97. The molecule has 0 aliphatic rings. The van der Waals surface area contributed by atoms with Gasteiger partial charge in [-0.05, 0) is 6.42 Å². The molecule has 0 aliphatic heterocycles. The Morgan fingerprint density at radius 3 is 2.42 bits per heavy atom. The summed E-state index contributed by atoms with van der Waals surface area (Å²) in [5, 5.41) is 0. The van der Waals surface area contributed by atoms with Gasteiger partial charge in [0.05, 0.1) is 0 Å². The largest absolute Gasteiger partial charge is 0.295 e. The number of unbranched alkanes of at least 4 members (excludes halogenated alkanes) is 3. The van der Waals surface area contributed by atoms with Gasteiger partial charge in [-0.2, -0.15) is 0 Å². The molecular weight excluding hydrogens is 195 g/mol. The second-order valence-corrected chi connectivity index (χ2v) is 3.72. The fraction of sp³-hybridized carbons (Fsp3) is 0.667. The van der Waals surface area contributed by atoms with E-state index in [2.05, 4.69) is 6.92 Å². The summed E-state index contributed by atoms with van der Waals surface area (Å²) < 4.78 is 0.0514. The molecular formula is C9H14Cl2O. The van der Waals surface area contributed by atoms with E-state index in [1.54, 1.807) is 0 Å². The van der Waals surface area contributed by atoms with E-state index in [1.807, 2.05) is 0 Å². The zero-order valence-electron chi connectivity index (χ0n) is 7.28. The Bertz CT molecular complexity index is 160. The highest BCUT2D eigenvalue weighted by Gasteiger charge is 1.97. The average molecular weight is 209 g/mol. The smallest absolute Gasteiger partial charge is 0.158 e. The van der Waals surface area contributed by atoms with Gasteiger partial charge in [0.25, 0.3) is 0 Å². The van der Waals surface area contributed by atoms with Gasteiger partial charge in [0.2, 0.25) is 0 Å². The van der Waals surface area contributed by atoms with Crippen LogP contribution in [0.1, 0.15) is 39.0 Å². The van der Waals surface area contributed by atoms with Gasteiger partial charge in [0, 0.05) is 12.5 Å². The molecule has 1 nitrogen and oxygen atoms in total. The summed E-state index contributed by atoms with van der Waals surface area (Å²) >= 11 is 10.6. The highest BCUT2D eigenvalue weighted by atomic mass is 35.5. The number of hydrogen-bond donors (Lipinski definition) is 0. The summed E-state index contributed by atoms with van der Waals surface area (Å²) in [6.45, 7) is 2.14.